The van der Waals surface area contributed by atoms with Gasteiger partial charge >= 0.3 is 6.09 Å². The van der Waals surface area contributed by atoms with Crippen LogP contribution < -0.4 is 16.0 Å². The van der Waals surface area contributed by atoms with Crippen LogP contribution in [0.5, 0.6) is 0 Å². The molecule has 0 atom stereocenters. The van der Waals surface area contributed by atoms with Gasteiger partial charge in [-0.1, -0.05) is 34.6 Å². The molecule has 0 aliphatic rings. The summed E-state index contributed by atoms with van der Waals surface area (Å²) in [5, 5.41) is 16.8. The summed E-state index contributed by atoms with van der Waals surface area (Å²) < 4.78 is 4.55. The van der Waals surface area contributed by atoms with Crippen LogP contribution in [0, 0.1) is 0 Å². The molecule has 0 unspecified atom stereocenters. The molecule has 0 bridgehead atoms. The average Bonchev–Trinajstić information content (AvgIpc) is 2.65. The molecule has 2 amide bonds. The monoisotopic (exact) mass is 413 g/mol. The van der Waals surface area contributed by atoms with E-state index in [9.17, 15) is 9.59 Å². The third kappa shape index (κ3) is 40.8. The Morgan fingerprint density at radius 1 is 1.07 bits per heavy atom. The van der Waals surface area contributed by atoms with Gasteiger partial charge in [0.1, 0.15) is 0 Å². The maximum Gasteiger partial charge on any atom is 0.408 e. The van der Waals surface area contributed by atoms with E-state index in [1.54, 1.807) is 20.2 Å². The quantitative estimate of drug-likeness (QED) is 0.309. The van der Waals surface area contributed by atoms with Gasteiger partial charge in [0, 0.05) is 18.6 Å². The molecule has 0 heterocycles. The minimum atomic E-state index is -0.383. The van der Waals surface area contributed by atoms with Gasteiger partial charge in [0.15, 0.2) is 0 Å². The first kappa shape index (κ1) is 36.9. The highest BCUT2D eigenvalue weighted by atomic mass is 32.1. The number of rotatable bonds is 8. The second-order valence-electron chi connectivity index (χ2n) is 5.08. The summed E-state index contributed by atoms with van der Waals surface area (Å²) in [4.78, 5) is 21.6. The lowest BCUT2D eigenvalue weighted by Gasteiger charge is -2.25. The van der Waals surface area contributed by atoms with Crippen molar-refractivity contribution in [2.75, 3.05) is 33.2 Å². The number of alkyl carbamates (subject to hydrolysis) is 1. The molecule has 0 fully saturated rings. The zero-order valence-electron chi connectivity index (χ0n) is 19.4. The Morgan fingerprint density at radius 2 is 1.56 bits per heavy atom. The topological polar surface area (TPSA) is 99.7 Å². The zero-order valence-corrected chi connectivity index (χ0v) is 20.3. The van der Waals surface area contributed by atoms with Crippen molar-refractivity contribution in [2.24, 2.45) is 0 Å². The molecule has 0 spiro atoms. The SMILES string of the molecule is CC.CC.CCCC(=O)NC(C)(C)CCO.CCOC(=O)NCNC.CS. The van der Waals surface area contributed by atoms with Crippen LogP contribution in [0.15, 0.2) is 0 Å². The fourth-order valence-corrected chi connectivity index (χ4v) is 1.35. The number of hydrogen-bond donors (Lipinski definition) is 5. The van der Waals surface area contributed by atoms with Crippen molar-refractivity contribution in [1.82, 2.24) is 16.0 Å². The summed E-state index contributed by atoms with van der Waals surface area (Å²) in [5.74, 6) is 0.0657. The molecule has 27 heavy (non-hydrogen) atoms. The van der Waals surface area contributed by atoms with E-state index in [2.05, 4.69) is 33.3 Å². The van der Waals surface area contributed by atoms with Crippen LogP contribution >= 0.6 is 12.6 Å². The van der Waals surface area contributed by atoms with Gasteiger partial charge in [-0.15, -0.1) is 0 Å². The van der Waals surface area contributed by atoms with Crippen molar-refractivity contribution in [3.8, 4) is 0 Å². The van der Waals surface area contributed by atoms with Crippen LogP contribution in [-0.2, 0) is 9.53 Å². The lowest BCUT2D eigenvalue weighted by Crippen LogP contribution is -2.43. The van der Waals surface area contributed by atoms with Crippen LogP contribution in [0.25, 0.3) is 0 Å². The Bertz CT molecular complexity index is 292. The van der Waals surface area contributed by atoms with E-state index in [1.165, 1.54) is 0 Å². The Morgan fingerprint density at radius 3 is 1.89 bits per heavy atom. The predicted molar refractivity (Wildman–Crippen MR) is 121 cm³/mol. The smallest absolute Gasteiger partial charge is 0.408 e. The number of carbonyl (C=O) groups excluding carboxylic acids is 2. The number of carbonyl (C=O) groups is 2. The maximum absolute atomic E-state index is 11.1. The highest BCUT2D eigenvalue weighted by Crippen LogP contribution is 2.07. The molecule has 0 aliphatic carbocycles. The molecular formula is C19H47N3O4S. The summed E-state index contributed by atoms with van der Waals surface area (Å²) in [6, 6.07) is 0. The van der Waals surface area contributed by atoms with E-state index < -0.39 is 0 Å². The normalized spacial score (nSPS) is 8.59. The van der Waals surface area contributed by atoms with Gasteiger partial charge in [0.25, 0.3) is 0 Å². The first-order valence-electron chi connectivity index (χ1n) is 9.74. The number of amides is 2. The largest absolute Gasteiger partial charge is 0.450 e. The number of thiol groups is 1. The third-order valence-corrected chi connectivity index (χ3v) is 2.38. The van der Waals surface area contributed by atoms with Gasteiger partial charge in [-0.2, -0.15) is 12.6 Å². The number of nitrogens with one attached hydrogen (secondary N) is 3. The van der Waals surface area contributed by atoms with Crippen molar-refractivity contribution in [1.29, 1.82) is 0 Å². The summed E-state index contributed by atoms with van der Waals surface area (Å²) in [5.41, 5.74) is -0.277. The molecule has 0 saturated carbocycles. The summed E-state index contributed by atoms with van der Waals surface area (Å²) in [6.45, 7) is 16.5. The highest BCUT2D eigenvalue weighted by Gasteiger charge is 2.18. The van der Waals surface area contributed by atoms with Gasteiger partial charge in [0.05, 0.1) is 13.3 Å². The van der Waals surface area contributed by atoms with Crippen molar-refractivity contribution in [3.63, 3.8) is 0 Å². The van der Waals surface area contributed by atoms with Crippen LogP contribution in [0.1, 0.15) is 74.7 Å². The first-order chi connectivity index (χ1) is 12.8. The molecule has 0 radical (unpaired) electrons. The second kappa shape index (κ2) is 32.7. The van der Waals surface area contributed by atoms with E-state index in [0.29, 0.717) is 26.1 Å². The van der Waals surface area contributed by atoms with E-state index >= 15 is 0 Å². The number of aliphatic hydroxyl groups is 1. The third-order valence-electron chi connectivity index (χ3n) is 2.38. The Kier molecular flexibility index (Phi) is 44.6. The fourth-order valence-electron chi connectivity index (χ4n) is 1.35. The molecule has 4 N–H and O–H groups in total. The van der Waals surface area contributed by atoms with Gasteiger partial charge in [0.2, 0.25) is 5.91 Å². The Balaban J connectivity index is -0.0000000952. The minimum absolute atomic E-state index is 0.0657. The molecule has 0 rings (SSSR count). The summed E-state index contributed by atoms with van der Waals surface area (Å²) >= 11 is 3.53. The van der Waals surface area contributed by atoms with Gasteiger partial charge in [-0.25, -0.2) is 4.79 Å². The molecule has 0 aromatic heterocycles. The van der Waals surface area contributed by atoms with Crippen LogP contribution in [0.4, 0.5) is 4.79 Å². The molecular weight excluding hydrogens is 366 g/mol. The first-order valence-corrected chi connectivity index (χ1v) is 10.6. The van der Waals surface area contributed by atoms with Crippen LogP contribution in [-0.4, -0.2) is 55.8 Å². The predicted octanol–water partition coefficient (Wildman–Crippen LogP) is 3.57. The van der Waals surface area contributed by atoms with Crippen LogP contribution in [0.2, 0.25) is 0 Å². The van der Waals surface area contributed by atoms with E-state index in [4.69, 9.17) is 5.11 Å². The molecule has 7 nitrogen and oxygen atoms in total. The van der Waals surface area contributed by atoms with Gasteiger partial charge in [-0.05, 0) is 46.9 Å². The summed E-state index contributed by atoms with van der Waals surface area (Å²) in [6.07, 6.45) is 3.34. The van der Waals surface area contributed by atoms with Gasteiger partial charge in [-0.3, -0.25) is 4.79 Å². The molecule has 8 heteroatoms. The van der Waals surface area contributed by atoms with E-state index in [0.717, 1.165) is 6.42 Å². The lowest BCUT2D eigenvalue weighted by atomic mass is 10.0. The summed E-state index contributed by atoms with van der Waals surface area (Å²) in [7, 11) is 1.74. The van der Waals surface area contributed by atoms with E-state index in [1.807, 2.05) is 48.5 Å². The van der Waals surface area contributed by atoms with Crippen molar-refractivity contribution < 1.29 is 19.4 Å². The number of aliphatic hydroxyl groups excluding tert-OH is 1. The maximum atomic E-state index is 11.1. The molecule has 0 aromatic carbocycles. The number of ether oxygens (including phenoxy) is 1. The Labute approximate surface area is 173 Å². The Hall–Kier alpha value is -0.990. The fraction of sp³-hybridized carbons (Fsp3) is 0.895. The molecule has 0 aliphatic heterocycles. The molecule has 0 aromatic rings. The van der Waals surface area contributed by atoms with Crippen molar-refractivity contribution in [2.45, 2.75) is 80.2 Å². The average molecular weight is 414 g/mol. The molecule has 0 saturated heterocycles. The molecule has 168 valence electrons. The minimum Gasteiger partial charge on any atom is -0.450 e. The standard InChI is InChI=1S/C9H19NO2.C5H12N2O2.2C2H6.CH4S/c1-4-5-8(12)10-9(2,3)6-7-11;1-3-9-5(8)7-4-6-2;3*1-2/h11H,4-7H2,1-3H3,(H,10,12);6H,3-4H2,1-2H3,(H,7,8);2*1-2H3;2H,1H3. The second-order valence-corrected chi connectivity index (χ2v) is 5.08. The zero-order chi connectivity index (χ0) is 22.7. The number of hydrogen-bond acceptors (Lipinski definition) is 6. The van der Waals surface area contributed by atoms with Crippen molar-refractivity contribution in [3.05, 3.63) is 0 Å². The van der Waals surface area contributed by atoms with Crippen LogP contribution in [0.3, 0.4) is 0 Å². The highest BCUT2D eigenvalue weighted by molar-refractivity contribution is 7.79. The van der Waals surface area contributed by atoms with E-state index in [-0.39, 0.29) is 24.1 Å². The lowest BCUT2D eigenvalue weighted by molar-refractivity contribution is -0.122. The van der Waals surface area contributed by atoms with Crippen molar-refractivity contribution >= 4 is 24.6 Å². The van der Waals surface area contributed by atoms with Gasteiger partial charge < -0.3 is 25.8 Å².